The van der Waals surface area contributed by atoms with E-state index in [2.05, 4.69) is 29.6 Å². The summed E-state index contributed by atoms with van der Waals surface area (Å²) in [5.74, 6) is 0. The van der Waals surface area contributed by atoms with E-state index in [1.807, 2.05) is 29.1 Å². The summed E-state index contributed by atoms with van der Waals surface area (Å²) in [5, 5.41) is 8.38. The van der Waals surface area contributed by atoms with Crippen molar-refractivity contribution < 1.29 is 0 Å². The van der Waals surface area contributed by atoms with E-state index < -0.39 is 0 Å². The topological polar surface area (TPSA) is 29.9 Å². The Balaban J connectivity index is 1.83. The minimum Gasteiger partial charge on any atom is -0.309 e. The molecule has 1 N–H and O–H groups in total. The lowest BCUT2D eigenvalue weighted by Crippen LogP contribution is -2.12. The fraction of sp³-hybridized carbons (Fsp3) is 0.308. The predicted octanol–water partition coefficient (Wildman–Crippen LogP) is 2.85. The zero-order valence-corrected chi connectivity index (χ0v) is 10.6. The normalized spacial score (nSPS) is 10.7. The minimum atomic E-state index is 0.781. The molecule has 0 aliphatic carbocycles. The van der Waals surface area contributed by atoms with Gasteiger partial charge in [0.1, 0.15) is 0 Å². The first-order valence-electron chi connectivity index (χ1n) is 5.74. The number of hydrogen-bond acceptors (Lipinski definition) is 2. The van der Waals surface area contributed by atoms with Crippen molar-refractivity contribution in [3.8, 4) is 0 Å². The number of nitrogens with zero attached hydrogens (tertiary/aromatic N) is 2. The van der Waals surface area contributed by atoms with Crippen LogP contribution in [-0.2, 0) is 19.6 Å². The molecule has 2 rings (SSSR count). The van der Waals surface area contributed by atoms with Gasteiger partial charge in [-0.15, -0.1) is 0 Å². The summed E-state index contributed by atoms with van der Waals surface area (Å²) in [4.78, 5) is 0. The van der Waals surface area contributed by atoms with Gasteiger partial charge in [-0.1, -0.05) is 23.7 Å². The molecule has 3 nitrogen and oxygen atoms in total. The van der Waals surface area contributed by atoms with Crippen molar-refractivity contribution in [2.45, 2.75) is 26.6 Å². The molecular weight excluding hydrogens is 234 g/mol. The van der Waals surface area contributed by atoms with E-state index in [0.717, 1.165) is 24.7 Å². The SMILES string of the molecule is CCn1cc(CNCc2cccc(Cl)c2)cn1. The lowest BCUT2D eigenvalue weighted by atomic mass is 10.2. The molecule has 0 spiro atoms. The Morgan fingerprint density at radius 3 is 2.82 bits per heavy atom. The second kappa shape index (κ2) is 5.84. The average Bonchev–Trinajstić information content (AvgIpc) is 2.77. The standard InChI is InChI=1S/C13H16ClN3/c1-2-17-10-12(9-16-17)8-15-7-11-4-3-5-13(14)6-11/h3-6,9-10,15H,2,7-8H2,1H3. The third kappa shape index (κ3) is 3.58. The molecule has 0 amide bonds. The molecule has 0 aliphatic heterocycles. The van der Waals surface area contributed by atoms with Crippen molar-refractivity contribution in [3.63, 3.8) is 0 Å². The summed E-state index contributed by atoms with van der Waals surface area (Å²) in [7, 11) is 0. The Hall–Kier alpha value is -1.32. The Bertz CT molecular complexity index is 479. The first-order chi connectivity index (χ1) is 8.28. The van der Waals surface area contributed by atoms with Crippen molar-refractivity contribution in [1.82, 2.24) is 15.1 Å². The van der Waals surface area contributed by atoms with E-state index in [4.69, 9.17) is 11.6 Å². The van der Waals surface area contributed by atoms with Gasteiger partial charge in [-0.25, -0.2) is 0 Å². The Labute approximate surface area is 106 Å². The van der Waals surface area contributed by atoms with Gasteiger partial charge in [0.05, 0.1) is 6.20 Å². The van der Waals surface area contributed by atoms with Crippen molar-refractivity contribution in [1.29, 1.82) is 0 Å². The van der Waals surface area contributed by atoms with Crippen LogP contribution in [0.3, 0.4) is 0 Å². The highest BCUT2D eigenvalue weighted by Crippen LogP contribution is 2.10. The Morgan fingerprint density at radius 1 is 1.29 bits per heavy atom. The van der Waals surface area contributed by atoms with Gasteiger partial charge in [0.25, 0.3) is 0 Å². The molecule has 2 aromatic rings. The number of halogens is 1. The van der Waals surface area contributed by atoms with Gasteiger partial charge >= 0.3 is 0 Å². The fourth-order valence-electron chi connectivity index (χ4n) is 1.67. The summed E-state index contributed by atoms with van der Waals surface area (Å²) >= 11 is 5.92. The maximum absolute atomic E-state index is 5.92. The van der Waals surface area contributed by atoms with Crippen LogP contribution in [0, 0.1) is 0 Å². The van der Waals surface area contributed by atoms with E-state index in [1.54, 1.807) is 0 Å². The van der Waals surface area contributed by atoms with Crippen LogP contribution in [0.5, 0.6) is 0 Å². The molecule has 1 heterocycles. The van der Waals surface area contributed by atoms with E-state index in [-0.39, 0.29) is 0 Å². The summed E-state index contributed by atoms with van der Waals surface area (Å²) in [6, 6.07) is 7.89. The molecule has 0 fully saturated rings. The molecule has 4 heteroatoms. The number of benzene rings is 1. The minimum absolute atomic E-state index is 0.781. The molecule has 0 saturated heterocycles. The predicted molar refractivity (Wildman–Crippen MR) is 69.9 cm³/mol. The number of hydrogen-bond donors (Lipinski definition) is 1. The van der Waals surface area contributed by atoms with Crippen molar-refractivity contribution >= 4 is 11.6 Å². The first kappa shape index (κ1) is 12.1. The van der Waals surface area contributed by atoms with Gasteiger partial charge in [0.15, 0.2) is 0 Å². The monoisotopic (exact) mass is 249 g/mol. The highest BCUT2D eigenvalue weighted by Gasteiger charge is 1.98. The highest BCUT2D eigenvalue weighted by molar-refractivity contribution is 6.30. The lowest BCUT2D eigenvalue weighted by Gasteiger charge is -2.03. The van der Waals surface area contributed by atoms with E-state index in [9.17, 15) is 0 Å². The van der Waals surface area contributed by atoms with Gasteiger partial charge < -0.3 is 5.32 Å². The molecule has 0 bridgehead atoms. The molecule has 1 aromatic carbocycles. The van der Waals surface area contributed by atoms with Gasteiger partial charge in [-0.2, -0.15) is 5.10 Å². The Kier molecular flexibility index (Phi) is 4.18. The number of aryl methyl sites for hydroxylation is 1. The zero-order valence-electron chi connectivity index (χ0n) is 9.86. The summed E-state index contributed by atoms with van der Waals surface area (Å²) in [6.07, 6.45) is 3.96. The van der Waals surface area contributed by atoms with Crippen LogP contribution in [0.1, 0.15) is 18.1 Å². The van der Waals surface area contributed by atoms with Gasteiger partial charge in [-0.05, 0) is 24.6 Å². The van der Waals surface area contributed by atoms with Crippen LogP contribution in [-0.4, -0.2) is 9.78 Å². The quantitative estimate of drug-likeness (QED) is 0.883. The van der Waals surface area contributed by atoms with Gasteiger partial charge in [0.2, 0.25) is 0 Å². The van der Waals surface area contributed by atoms with Crippen LogP contribution in [0.2, 0.25) is 5.02 Å². The lowest BCUT2D eigenvalue weighted by molar-refractivity contribution is 0.655. The maximum Gasteiger partial charge on any atom is 0.0534 e. The molecular formula is C13H16ClN3. The molecule has 0 unspecified atom stereocenters. The third-order valence-electron chi connectivity index (χ3n) is 2.56. The van der Waals surface area contributed by atoms with Crippen LogP contribution >= 0.6 is 11.6 Å². The second-order valence-corrected chi connectivity index (χ2v) is 4.37. The molecule has 17 heavy (non-hydrogen) atoms. The van der Waals surface area contributed by atoms with E-state index in [0.29, 0.717) is 0 Å². The third-order valence-corrected chi connectivity index (χ3v) is 2.79. The van der Waals surface area contributed by atoms with Crippen LogP contribution in [0.25, 0.3) is 0 Å². The van der Waals surface area contributed by atoms with E-state index >= 15 is 0 Å². The molecule has 0 radical (unpaired) electrons. The Morgan fingerprint density at radius 2 is 2.12 bits per heavy atom. The number of nitrogens with one attached hydrogen (secondary N) is 1. The van der Waals surface area contributed by atoms with E-state index in [1.165, 1.54) is 11.1 Å². The molecule has 0 atom stereocenters. The highest BCUT2D eigenvalue weighted by atomic mass is 35.5. The average molecular weight is 250 g/mol. The molecule has 1 aromatic heterocycles. The summed E-state index contributed by atoms with van der Waals surface area (Å²) < 4.78 is 1.93. The first-order valence-corrected chi connectivity index (χ1v) is 6.12. The van der Waals surface area contributed by atoms with Crippen LogP contribution in [0.4, 0.5) is 0 Å². The molecule has 90 valence electrons. The molecule has 0 saturated carbocycles. The van der Waals surface area contributed by atoms with Gasteiger partial charge in [0, 0.05) is 36.4 Å². The van der Waals surface area contributed by atoms with Gasteiger partial charge in [-0.3, -0.25) is 4.68 Å². The fourth-order valence-corrected chi connectivity index (χ4v) is 1.88. The zero-order chi connectivity index (χ0) is 12.1. The smallest absolute Gasteiger partial charge is 0.0534 e. The van der Waals surface area contributed by atoms with Crippen LogP contribution < -0.4 is 5.32 Å². The largest absolute Gasteiger partial charge is 0.309 e. The second-order valence-electron chi connectivity index (χ2n) is 3.94. The summed E-state index contributed by atoms with van der Waals surface area (Å²) in [5.41, 5.74) is 2.40. The number of rotatable bonds is 5. The number of aromatic nitrogens is 2. The van der Waals surface area contributed by atoms with Crippen molar-refractivity contribution in [2.24, 2.45) is 0 Å². The van der Waals surface area contributed by atoms with Crippen molar-refractivity contribution in [3.05, 3.63) is 52.8 Å². The summed E-state index contributed by atoms with van der Waals surface area (Å²) in [6.45, 7) is 4.63. The van der Waals surface area contributed by atoms with Crippen LogP contribution in [0.15, 0.2) is 36.7 Å². The molecule has 0 aliphatic rings. The maximum atomic E-state index is 5.92. The van der Waals surface area contributed by atoms with Crippen molar-refractivity contribution in [2.75, 3.05) is 0 Å².